The highest BCUT2D eigenvalue weighted by molar-refractivity contribution is 5.87. The average molecular weight is 399 g/mol. The first-order valence-corrected chi connectivity index (χ1v) is 10.1. The minimum atomic E-state index is -0.350. The molecule has 4 aromatic rings. The smallest absolute Gasteiger partial charge is 0.340 e. The maximum absolute atomic E-state index is 12.7. The molecule has 0 aliphatic rings. The number of nitrogens with one attached hydrogen (secondary N) is 1. The monoisotopic (exact) mass is 399 g/mol. The van der Waals surface area contributed by atoms with Crippen LogP contribution in [0.3, 0.4) is 0 Å². The van der Waals surface area contributed by atoms with Gasteiger partial charge in [-0.2, -0.15) is 0 Å². The molecule has 0 fully saturated rings. The molecular weight excluding hydrogens is 374 g/mol. The van der Waals surface area contributed by atoms with Crippen molar-refractivity contribution in [2.24, 2.45) is 0 Å². The Balaban J connectivity index is 1.77. The molecule has 1 aromatic heterocycles. The van der Waals surface area contributed by atoms with E-state index in [0.29, 0.717) is 29.7 Å². The number of aromatic hydroxyl groups is 1. The summed E-state index contributed by atoms with van der Waals surface area (Å²) in [5, 5.41) is 15.0. The topological polar surface area (TPSA) is 62.5 Å². The van der Waals surface area contributed by atoms with Crippen LogP contribution in [-0.2, 0) is 13.0 Å². The summed E-state index contributed by atoms with van der Waals surface area (Å²) < 4.78 is 5.66. The summed E-state index contributed by atoms with van der Waals surface area (Å²) in [5.74, 6) is 0.155. The SMILES string of the molecule is Cc1ccccc1NCc1cc2c(C)c(Cc3ccccc3)c(=O)oc2c(C)c1O. The Labute approximate surface area is 175 Å². The largest absolute Gasteiger partial charge is 0.507 e. The highest BCUT2D eigenvalue weighted by Gasteiger charge is 2.18. The molecule has 2 N–H and O–H groups in total. The predicted molar refractivity (Wildman–Crippen MR) is 121 cm³/mol. The molecule has 30 heavy (non-hydrogen) atoms. The Morgan fingerprint density at radius 1 is 0.933 bits per heavy atom. The molecule has 0 aliphatic heterocycles. The van der Waals surface area contributed by atoms with Crippen molar-refractivity contribution < 1.29 is 9.52 Å². The van der Waals surface area contributed by atoms with Crippen molar-refractivity contribution in [1.29, 1.82) is 0 Å². The van der Waals surface area contributed by atoms with E-state index in [1.165, 1.54) is 0 Å². The van der Waals surface area contributed by atoms with Gasteiger partial charge >= 0.3 is 5.63 Å². The zero-order chi connectivity index (χ0) is 21.3. The van der Waals surface area contributed by atoms with Gasteiger partial charge in [0.15, 0.2) is 0 Å². The van der Waals surface area contributed by atoms with Crippen molar-refractivity contribution in [1.82, 2.24) is 0 Å². The van der Waals surface area contributed by atoms with Crippen LogP contribution in [0.5, 0.6) is 5.75 Å². The Hall–Kier alpha value is -3.53. The van der Waals surface area contributed by atoms with Crippen molar-refractivity contribution in [3.05, 3.63) is 104 Å². The fraction of sp³-hybridized carbons (Fsp3) is 0.192. The van der Waals surface area contributed by atoms with E-state index in [1.807, 2.05) is 74.5 Å². The highest BCUT2D eigenvalue weighted by Crippen LogP contribution is 2.33. The Morgan fingerprint density at radius 2 is 1.63 bits per heavy atom. The van der Waals surface area contributed by atoms with Gasteiger partial charge in [0.05, 0.1) is 0 Å². The Bertz CT molecular complexity index is 1270. The zero-order valence-electron chi connectivity index (χ0n) is 17.5. The van der Waals surface area contributed by atoms with E-state index in [4.69, 9.17) is 4.42 Å². The van der Waals surface area contributed by atoms with Crippen LogP contribution in [0.25, 0.3) is 11.0 Å². The molecule has 0 spiro atoms. The zero-order valence-corrected chi connectivity index (χ0v) is 17.5. The van der Waals surface area contributed by atoms with E-state index in [2.05, 4.69) is 5.32 Å². The summed E-state index contributed by atoms with van der Waals surface area (Å²) in [7, 11) is 0. The van der Waals surface area contributed by atoms with Crippen LogP contribution >= 0.6 is 0 Å². The van der Waals surface area contributed by atoms with E-state index >= 15 is 0 Å². The first-order chi connectivity index (χ1) is 14.5. The number of benzene rings is 3. The third kappa shape index (κ3) is 3.69. The van der Waals surface area contributed by atoms with Gasteiger partial charge in [-0.15, -0.1) is 0 Å². The first-order valence-electron chi connectivity index (χ1n) is 10.1. The van der Waals surface area contributed by atoms with Crippen LogP contribution in [0.2, 0.25) is 0 Å². The quantitative estimate of drug-likeness (QED) is 0.427. The summed E-state index contributed by atoms with van der Waals surface area (Å²) in [6.45, 7) is 6.25. The number of hydrogen-bond acceptors (Lipinski definition) is 4. The van der Waals surface area contributed by atoms with Crippen LogP contribution in [0.15, 0.2) is 69.9 Å². The second-order valence-electron chi connectivity index (χ2n) is 7.71. The lowest BCUT2D eigenvalue weighted by molar-refractivity contribution is 0.462. The second-order valence-corrected chi connectivity index (χ2v) is 7.71. The molecular formula is C26H25NO3. The van der Waals surface area contributed by atoms with E-state index in [-0.39, 0.29) is 11.4 Å². The number of aryl methyl sites for hydroxylation is 3. The molecule has 0 saturated carbocycles. The fourth-order valence-corrected chi connectivity index (χ4v) is 3.84. The van der Waals surface area contributed by atoms with Crippen molar-refractivity contribution in [3.63, 3.8) is 0 Å². The summed E-state index contributed by atoms with van der Waals surface area (Å²) in [6, 6.07) is 19.9. The second kappa shape index (κ2) is 8.07. The molecule has 152 valence electrons. The maximum atomic E-state index is 12.7. The van der Waals surface area contributed by atoms with E-state index < -0.39 is 0 Å². The number of rotatable bonds is 5. The summed E-state index contributed by atoms with van der Waals surface area (Å²) in [6.07, 6.45) is 0.516. The molecule has 0 radical (unpaired) electrons. The van der Waals surface area contributed by atoms with Gasteiger partial charge in [0.2, 0.25) is 0 Å². The lowest BCUT2D eigenvalue weighted by atomic mass is 9.96. The number of phenols is 1. The number of fused-ring (bicyclic) bond motifs is 1. The lowest BCUT2D eigenvalue weighted by Gasteiger charge is -2.15. The molecule has 0 atom stereocenters. The van der Waals surface area contributed by atoms with Gasteiger partial charge in [0.1, 0.15) is 11.3 Å². The molecule has 0 unspecified atom stereocenters. The molecule has 3 aromatic carbocycles. The molecule has 4 heteroatoms. The predicted octanol–water partition coefficient (Wildman–Crippen LogP) is 5.63. The first kappa shape index (κ1) is 19.8. The van der Waals surface area contributed by atoms with E-state index in [0.717, 1.165) is 33.3 Å². The molecule has 0 saturated heterocycles. The third-order valence-corrected chi connectivity index (χ3v) is 5.70. The summed E-state index contributed by atoms with van der Waals surface area (Å²) >= 11 is 0. The van der Waals surface area contributed by atoms with Crippen molar-refractivity contribution in [2.75, 3.05) is 5.32 Å². The van der Waals surface area contributed by atoms with Gasteiger partial charge in [0, 0.05) is 40.7 Å². The van der Waals surface area contributed by atoms with Crippen molar-refractivity contribution >= 4 is 16.7 Å². The van der Waals surface area contributed by atoms with Crippen molar-refractivity contribution in [3.8, 4) is 5.75 Å². The van der Waals surface area contributed by atoms with Crippen LogP contribution in [0.4, 0.5) is 5.69 Å². The van der Waals surface area contributed by atoms with E-state index in [9.17, 15) is 9.90 Å². The average Bonchev–Trinajstić information content (AvgIpc) is 2.75. The third-order valence-electron chi connectivity index (χ3n) is 5.70. The number of phenolic OH excluding ortho intramolecular Hbond substituents is 1. The van der Waals surface area contributed by atoms with Gasteiger partial charge in [-0.3, -0.25) is 0 Å². The Morgan fingerprint density at radius 3 is 2.37 bits per heavy atom. The van der Waals surface area contributed by atoms with Crippen LogP contribution in [0, 0.1) is 20.8 Å². The molecule has 0 aliphatic carbocycles. The minimum absolute atomic E-state index is 0.155. The number of anilines is 1. The lowest BCUT2D eigenvalue weighted by Crippen LogP contribution is -2.12. The van der Waals surface area contributed by atoms with Gasteiger partial charge in [-0.1, -0.05) is 48.5 Å². The van der Waals surface area contributed by atoms with Crippen LogP contribution in [0.1, 0.15) is 33.4 Å². The number of para-hydroxylation sites is 1. The molecule has 0 bridgehead atoms. The van der Waals surface area contributed by atoms with Gasteiger partial charge in [-0.05, 0) is 49.6 Å². The summed E-state index contributed by atoms with van der Waals surface area (Å²) in [5.41, 5.74) is 6.22. The maximum Gasteiger partial charge on any atom is 0.340 e. The van der Waals surface area contributed by atoms with Crippen molar-refractivity contribution in [2.45, 2.75) is 33.7 Å². The summed E-state index contributed by atoms with van der Waals surface area (Å²) in [4.78, 5) is 12.7. The highest BCUT2D eigenvalue weighted by atomic mass is 16.4. The molecule has 4 nitrogen and oxygen atoms in total. The van der Waals surface area contributed by atoms with Crippen LogP contribution in [-0.4, -0.2) is 5.11 Å². The number of hydrogen-bond donors (Lipinski definition) is 2. The standard InChI is InChI=1S/C26H25NO3/c1-16-9-7-8-12-23(16)27-15-20-14-21-17(2)22(13-19-10-5-4-6-11-19)26(29)30-25(21)18(3)24(20)28/h4-12,14,27-28H,13,15H2,1-3H3. The normalized spacial score (nSPS) is 11.0. The van der Waals surface area contributed by atoms with Crippen LogP contribution < -0.4 is 10.9 Å². The Kier molecular flexibility index (Phi) is 5.32. The molecule has 4 rings (SSSR count). The van der Waals surface area contributed by atoms with Gasteiger partial charge < -0.3 is 14.8 Å². The van der Waals surface area contributed by atoms with Gasteiger partial charge in [-0.25, -0.2) is 4.79 Å². The molecule has 0 amide bonds. The fourth-order valence-electron chi connectivity index (χ4n) is 3.84. The molecule has 1 heterocycles. The minimum Gasteiger partial charge on any atom is -0.507 e. The van der Waals surface area contributed by atoms with E-state index in [1.54, 1.807) is 6.92 Å². The van der Waals surface area contributed by atoms with Gasteiger partial charge in [0.25, 0.3) is 0 Å².